The Labute approximate surface area is 196 Å². The Morgan fingerprint density at radius 2 is 1.61 bits per heavy atom. The molecule has 0 aliphatic carbocycles. The van der Waals surface area contributed by atoms with Gasteiger partial charge in [-0.15, -0.1) is 10.2 Å². The Morgan fingerprint density at radius 3 is 2.27 bits per heavy atom. The van der Waals surface area contributed by atoms with E-state index in [0.717, 1.165) is 11.1 Å². The van der Waals surface area contributed by atoms with Gasteiger partial charge in [-0.3, -0.25) is 9.52 Å². The van der Waals surface area contributed by atoms with Crippen LogP contribution >= 0.6 is 11.8 Å². The van der Waals surface area contributed by atoms with Gasteiger partial charge in [-0.25, -0.2) is 8.42 Å². The molecule has 1 N–H and O–H groups in total. The van der Waals surface area contributed by atoms with E-state index in [1.54, 1.807) is 60.7 Å². The average Bonchev–Trinajstić information content (AvgIpc) is 3.19. The van der Waals surface area contributed by atoms with Gasteiger partial charge >= 0.3 is 0 Å². The predicted octanol–water partition coefficient (Wildman–Crippen LogP) is 4.57. The molecule has 0 atom stereocenters. The number of hydrogen-bond acceptors (Lipinski definition) is 6. The maximum Gasteiger partial charge on any atom is 0.261 e. The number of thioether (sulfide) groups is 1. The van der Waals surface area contributed by atoms with Crippen LogP contribution < -0.4 is 4.72 Å². The monoisotopic (exact) mass is 478 g/mol. The van der Waals surface area contributed by atoms with Gasteiger partial charge in [0, 0.05) is 23.9 Å². The van der Waals surface area contributed by atoms with Gasteiger partial charge in [0.1, 0.15) is 0 Å². The van der Waals surface area contributed by atoms with Crippen LogP contribution in [-0.4, -0.2) is 34.7 Å². The molecule has 0 spiro atoms. The number of aryl methyl sites for hydroxylation is 1. The van der Waals surface area contributed by atoms with Crippen LogP contribution in [0.4, 0.5) is 5.69 Å². The maximum absolute atomic E-state index is 12.6. The summed E-state index contributed by atoms with van der Waals surface area (Å²) in [5.74, 6) is 0.906. The minimum Gasteiger partial charge on any atom is -0.305 e. The molecular formula is C24H22N4O3S2. The fraction of sp³-hybridized carbons (Fsp3) is 0.125. The fourth-order valence-electron chi connectivity index (χ4n) is 3.15. The molecule has 0 amide bonds. The molecule has 0 unspecified atom stereocenters. The molecule has 4 aromatic rings. The van der Waals surface area contributed by atoms with Crippen LogP contribution in [0.15, 0.2) is 88.9 Å². The van der Waals surface area contributed by atoms with Crippen molar-refractivity contribution in [1.82, 2.24) is 14.8 Å². The highest BCUT2D eigenvalue weighted by molar-refractivity contribution is 7.99. The highest BCUT2D eigenvalue weighted by Crippen LogP contribution is 2.25. The highest BCUT2D eigenvalue weighted by Gasteiger charge is 2.16. The molecule has 0 fully saturated rings. The topological polar surface area (TPSA) is 94.0 Å². The summed E-state index contributed by atoms with van der Waals surface area (Å²) in [6.07, 6.45) is 0. The molecule has 1 heterocycles. The summed E-state index contributed by atoms with van der Waals surface area (Å²) in [7, 11) is -1.84. The van der Waals surface area contributed by atoms with Crippen molar-refractivity contribution >= 4 is 33.3 Å². The lowest BCUT2D eigenvalue weighted by atomic mass is 10.2. The number of carbonyl (C=O) groups excluding carboxylic acids is 1. The summed E-state index contributed by atoms with van der Waals surface area (Å²) >= 11 is 1.32. The van der Waals surface area contributed by atoms with Crippen LogP contribution in [0.5, 0.6) is 0 Å². The van der Waals surface area contributed by atoms with Crippen molar-refractivity contribution in [3.05, 3.63) is 90.0 Å². The van der Waals surface area contributed by atoms with E-state index < -0.39 is 10.0 Å². The SMILES string of the molecule is Cc1ccc(S(=O)(=O)Nc2ccc(-c3nnc(SCC(=O)c4ccccc4)n3C)cc2)cc1. The molecule has 0 aliphatic heterocycles. The second-order valence-electron chi connectivity index (χ2n) is 7.44. The number of aromatic nitrogens is 3. The Balaban J connectivity index is 1.44. The minimum absolute atomic E-state index is 0.0235. The van der Waals surface area contributed by atoms with Crippen molar-refractivity contribution in [2.24, 2.45) is 7.05 Å². The van der Waals surface area contributed by atoms with Crippen LogP contribution in [0.2, 0.25) is 0 Å². The number of benzene rings is 3. The van der Waals surface area contributed by atoms with Crippen LogP contribution in [0, 0.1) is 6.92 Å². The van der Waals surface area contributed by atoms with Gasteiger partial charge in [0.15, 0.2) is 16.8 Å². The van der Waals surface area contributed by atoms with Crippen LogP contribution in [0.1, 0.15) is 15.9 Å². The van der Waals surface area contributed by atoms with Crippen molar-refractivity contribution in [1.29, 1.82) is 0 Å². The van der Waals surface area contributed by atoms with Gasteiger partial charge in [0.2, 0.25) is 0 Å². The first-order chi connectivity index (χ1) is 15.8. The normalized spacial score (nSPS) is 11.3. The maximum atomic E-state index is 12.6. The van der Waals surface area contributed by atoms with Crippen LogP contribution in [0.3, 0.4) is 0 Å². The average molecular weight is 479 g/mol. The Morgan fingerprint density at radius 1 is 0.939 bits per heavy atom. The zero-order chi connectivity index (χ0) is 23.4. The zero-order valence-electron chi connectivity index (χ0n) is 18.1. The molecule has 0 saturated carbocycles. The summed E-state index contributed by atoms with van der Waals surface area (Å²) in [6, 6.07) is 22.7. The number of carbonyl (C=O) groups is 1. The van der Waals surface area contributed by atoms with E-state index in [1.165, 1.54) is 11.8 Å². The van der Waals surface area contributed by atoms with E-state index in [0.29, 0.717) is 22.2 Å². The Bertz CT molecular complexity index is 1370. The fourth-order valence-corrected chi connectivity index (χ4v) is 5.01. The van der Waals surface area contributed by atoms with Crippen molar-refractivity contribution < 1.29 is 13.2 Å². The third-order valence-corrected chi connectivity index (χ3v) is 7.41. The summed E-state index contributed by atoms with van der Waals surface area (Å²) in [5, 5.41) is 9.06. The summed E-state index contributed by atoms with van der Waals surface area (Å²) in [4.78, 5) is 12.5. The van der Waals surface area contributed by atoms with Gasteiger partial charge in [-0.2, -0.15) is 0 Å². The van der Waals surface area contributed by atoms with Crippen LogP contribution in [-0.2, 0) is 17.1 Å². The number of nitrogens with zero attached hydrogens (tertiary/aromatic N) is 3. The first kappa shape index (κ1) is 22.8. The minimum atomic E-state index is -3.67. The van der Waals surface area contributed by atoms with E-state index in [9.17, 15) is 13.2 Å². The summed E-state index contributed by atoms with van der Waals surface area (Å²) in [5.41, 5.74) is 2.88. The smallest absolute Gasteiger partial charge is 0.261 e. The van der Waals surface area contributed by atoms with Crippen molar-refractivity contribution in [3.63, 3.8) is 0 Å². The number of sulfonamides is 1. The largest absolute Gasteiger partial charge is 0.305 e. The van der Waals surface area contributed by atoms with Gasteiger partial charge in [0.25, 0.3) is 10.0 Å². The van der Waals surface area contributed by atoms with Crippen molar-refractivity contribution in [3.8, 4) is 11.4 Å². The summed E-state index contributed by atoms with van der Waals surface area (Å²) < 4.78 is 29.6. The lowest BCUT2D eigenvalue weighted by Gasteiger charge is -2.09. The van der Waals surface area contributed by atoms with E-state index in [-0.39, 0.29) is 16.4 Å². The molecule has 9 heteroatoms. The molecule has 0 radical (unpaired) electrons. The number of ketones is 1. The van der Waals surface area contributed by atoms with E-state index >= 15 is 0 Å². The number of Topliss-reactive ketones (excluding diaryl/α,β-unsaturated/α-hetero) is 1. The third kappa shape index (κ3) is 5.32. The third-order valence-electron chi connectivity index (χ3n) is 4.99. The molecule has 3 aromatic carbocycles. The molecule has 168 valence electrons. The zero-order valence-corrected chi connectivity index (χ0v) is 19.7. The lowest BCUT2D eigenvalue weighted by molar-refractivity contribution is 0.102. The second kappa shape index (κ2) is 9.60. The second-order valence-corrected chi connectivity index (χ2v) is 10.1. The predicted molar refractivity (Wildman–Crippen MR) is 130 cm³/mol. The Hall–Kier alpha value is -3.43. The van der Waals surface area contributed by atoms with Gasteiger partial charge in [-0.05, 0) is 43.3 Å². The molecule has 4 rings (SSSR count). The molecular weight excluding hydrogens is 456 g/mol. The van der Waals surface area contributed by atoms with E-state index in [4.69, 9.17) is 0 Å². The number of anilines is 1. The van der Waals surface area contributed by atoms with E-state index in [2.05, 4.69) is 14.9 Å². The first-order valence-corrected chi connectivity index (χ1v) is 12.6. The molecule has 0 saturated heterocycles. The van der Waals surface area contributed by atoms with Crippen molar-refractivity contribution in [2.45, 2.75) is 17.0 Å². The van der Waals surface area contributed by atoms with Crippen molar-refractivity contribution in [2.75, 3.05) is 10.5 Å². The highest BCUT2D eigenvalue weighted by atomic mass is 32.2. The number of nitrogens with one attached hydrogen (secondary N) is 1. The summed E-state index contributed by atoms with van der Waals surface area (Å²) in [6.45, 7) is 1.90. The molecule has 1 aromatic heterocycles. The lowest BCUT2D eigenvalue weighted by Crippen LogP contribution is -2.12. The van der Waals surface area contributed by atoms with Gasteiger partial charge in [0.05, 0.1) is 10.6 Å². The van der Waals surface area contributed by atoms with E-state index in [1.807, 2.05) is 36.7 Å². The number of hydrogen-bond donors (Lipinski definition) is 1. The first-order valence-electron chi connectivity index (χ1n) is 10.1. The van der Waals surface area contributed by atoms with Gasteiger partial charge < -0.3 is 4.57 Å². The number of rotatable bonds is 8. The van der Waals surface area contributed by atoms with Gasteiger partial charge in [-0.1, -0.05) is 59.8 Å². The molecule has 7 nitrogen and oxygen atoms in total. The molecule has 0 aliphatic rings. The van der Waals surface area contributed by atoms with Crippen LogP contribution in [0.25, 0.3) is 11.4 Å². The quantitative estimate of drug-likeness (QED) is 0.295. The molecule has 0 bridgehead atoms. The Kier molecular flexibility index (Phi) is 6.62. The standard InChI is InChI=1S/C24H22N4O3S2/c1-17-8-14-21(15-9-17)33(30,31)27-20-12-10-19(11-13-20)23-25-26-24(28(23)2)32-16-22(29)18-6-4-3-5-7-18/h3-15,27H,16H2,1-2H3. The molecule has 33 heavy (non-hydrogen) atoms.